The molecule has 5 rings (SSSR count). The van der Waals surface area contributed by atoms with Crippen LogP contribution in [-0.4, -0.2) is 51.2 Å². The minimum absolute atomic E-state index is 0.0224. The van der Waals surface area contributed by atoms with E-state index in [1.165, 1.54) is 28.7 Å². The zero-order valence-electron chi connectivity index (χ0n) is 21.2. The monoisotopic (exact) mass is 494 g/mol. The summed E-state index contributed by atoms with van der Waals surface area (Å²) in [4.78, 5) is 15.1. The van der Waals surface area contributed by atoms with Crippen molar-refractivity contribution in [3.05, 3.63) is 47.5 Å². The third-order valence-electron chi connectivity index (χ3n) is 7.62. The molecular weight excluding hydrogens is 460 g/mol. The number of phenolic OH excluding ortho intramolecular Hbond substituents is 3. The van der Waals surface area contributed by atoms with Gasteiger partial charge in [0.15, 0.2) is 0 Å². The minimum atomic E-state index is -0.376. The number of epoxide rings is 2. The average Bonchev–Trinajstić information content (AvgIpc) is 3.66. The second-order valence-electron chi connectivity index (χ2n) is 10.9. The molecule has 0 radical (unpaired) electrons. The van der Waals surface area contributed by atoms with Crippen molar-refractivity contribution in [3.8, 4) is 17.2 Å². The van der Waals surface area contributed by atoms with Crippen molar-refractivity contribution in [2.24, 2.45) is 0 Å². The number of phenols is 3. The number of nitrogens with zero attached hydrogens (tertiary/aromatic N) is 1. The van der Waals surface area contributed by atoms with Crippen LogP contribution >= 0.6 is 0 Å². The van der Waals surface area contributed by atoms with E-state index >= 15 is 0 Å². The van der Waals surface area contributed by atoms with Gasteiger partial charge in [0, 0.05) is 12.1 Å². The summed E-state index contributed by atoms with van der Waals surface area (Å²) in [5.74, 6) is -0.844. The van der Waals surface area contributed by atoms with E-state index in [2.05, 4.69) is 32.2 Å². The Labute approximate surface area is 211 Å². The number of carbonyl (C=O) groups excluding carboxylic acids is 1. The SMILES string of the molecule is C/C(=C\CCC1(C)OC1CN1C(=O)c2cccc(O)c2Nc2c(O)cc(O)cc21)CCC1OC1(C)C. The molecule has 36 heavy (non-hydrogen) atoms. The average molecular weight is 495 g/mol. The first-order valence-electron chi connectivity index (χ1n) is 12.5. The lowest BCUT2D eigenvalue weighted by Gasteiger charge is -2.23. The number of ether oxygens (including phenoxy) is 2. The molecule has 192 valence electrons. The second-order valence-corrected chi connectivity index (χ2v) is 10.9. The van der Waals surface area contributed by atoms with Gasteiger partial charge in [0.05, 0.1) is 40.8 Å². The number of amides is 1. The van der Waals surface area contributed by atoms with E-state index in [1.54, 1.807) is 12.1 Å². The number of allylic oxidation sites excluding steroid dienone is 2. The lowest BCUT2D eigenvalue weighted by Crippen LogP contribution is -2.35. The van der Waals surface area contributed by atoms with Gasteiger partial charge in [-0.15, -0.1) is 0 Å². The van der Waals surface area contributed by atoms with Gasteiger partial charge in [-0.3, -0.25) is 4.79 Å². The van der Waals surface area contributed by atoms with Crippen LogP contribution in [0.4, 0.5) is 17.1 Å². The molecule has 3 aliphatic heterocycles. The Bertz CT molecular complexity index is 1240. The minimum Gasteiger partial charge on any atom is -0.508 e. The number of carbonyl (C=O) groups is 1. The lowest BCUT2D eigenvalue weighted by atomic mass is 9.98. The highest BCUT2D eigenvalue weighted by Gasteiger charge is 2.53. The van der Waals surface area contributed by atoms with Crippen LogP contribution in [-0.2, 0) is 9.47 Å². The number of hydrogen-bond donors (Lipinski definition) is 4. The Balaban J connectivity index is 1.29. The van der Waals surface area contributed by atoms with Gasteiger partial charge in [-0.25, -0.2) is 0 Å². The van der Waals surface area contributed by atoms with Crippen molar-refractivity contribution in [2.45, 2.75) is 76.8 Å². The summed E-state index contributed by atoms with van der Waals surface area (Å²) in [6.45, 7) is 8.68. The molecule has 4 N–H and O–H groups in total. The Hall–Kier alpha value is -3.23. The molecule has 0 saturated carbocycles. The molecule has 8 heteroatoms. The van der Waals surface area contributed by atoms with E-state index < -0.39 is 0 Å². The largest absolute Gasteiger partial charge is 0.508 e. The van der Waals surface area contributed by atoms with Gasteiger partial charge in [-0.05, 0) is 65.5 Å². The maximum absolute atomic E-state index is 13.6. The fourth-order valence-corrected chi connectivity index (χ4v) is 5.06. The molecular formula is C28H34N2O6. The number of fused-ring (bicyclic) bond motifs is 2. The van der Waals surface area contributed by atoms with Crippen molar-refractivity contribution < 1.29 is 29.6 Å². The number of para-hydroxylation sites is 1. The summed E-state index contributed by atoms with van der Waals surface area (Å²) < 4.78 is 11.7. The van der Waals surface area contributed by atoms with E-state index in [-0.39, 0.29) is 63.9 Å². The van der Waals surface area contributed by atoms with Crippen LogP contribution < -0.4 is 10.2 Å². The summed E-state index contributed by atoms with van der Waals surface area (Å²) in [6.07, 6.45) is 6.14. The van der Waals surface area contributed by atoms with Crippen molar-refractivity contribution in [2.75, 3.05) is 16.8 Å². The predicted octanol–water partition coefficient (Wildman–Crippen LogP) is 5.35. The molecule has 3 unspecified atom stereocenters. The summed E-state index contributed by atoms with van der Waals surface area (Å²) in [5, 5.41) is 34.0. The summed E-state index contributed by atoms with van der Waals surface area (Å²) in [7, 11) is 0. The highest BCUT2D eigenvalue weighted by molar-refractivity contribution is 6.15. The highest BCUT2D eigenvalue weighted by Crippen LogP contribution is 2.48. The Morgan fingerprint density at radius 1 is 1.08 bits per heavy atom. The van der Waals surface area contributed by atoms with Crippen LogP contribution in [0.5, 0.6) is 17.2 Å². The molecule has 3 aliphatic rings. The molecule has 0 bridgehead atoms. The molecule has 3 atom stereocenters. The first-order chi connectivity index (χ1) is 17.0. The van der Waals surface area contributed by atoms with E-state index in [9.17, 15) is 20.1 Å². The summed E-state index contributed by atoms with van der Waals surface area (Å²) in [6, 6.07) is 7.32. The van der Waals surface area contributed by atoms with Crippen LogP contribution in [0.2, 0.25) is 0 Å². The van der Waals surface area contributed by atoms with Gasteiger partial charge in [-0.2, -0.15) is 0 Å². The normalized spacial score (nSPS) is 26.1. The number of rotatable bonds is 8. The number of anilines is 3. The zero-order chi connectivity index (χ0) is 25.8. The molecule has 2 aromatic carbocycles. The molecule has 1 amide bonds. The molecule has 8 nitrogen and oxygen atoms in total. The maximum atomic E-state index is 13.6. The van der Waals surface area contributed by atoms with Crippen molar-refractivity contribution >= 4 is 23.0 Å². The Kier molecular flexibility index (Phi) is 5.92. The first kappa shape index (κ1) is 24.5. The zero-order valence-corrected chi connectivity index (χ0v) is 21.2. The smallest absolute Gasteiger partial charge is 0.260 e. The van der Waals surface area contributed by atoms with Crippen LogP contribution in [0, 0.1) is 0 Å². The molecule has 0 aliphatic carbocycles. The third kappa shape index (κ3) is 4.63. The Morgan fingerprint density at radius 2 is 1.83 bits per heavy atom. The van der Waals surface area contributed by atoms with Gasteiger partial charge >= 0.3 is 0 Å². The van der Waals surface area contributed by atoms with Crippen molar-refractivity contribution in [1.29, 1.82) is 0 Å². The van der Waals surface area contributed by atoms with E-state index in [0.29, 0.717) is 11.8 Å². The van der Waals surface area contributed by atoms with Crippen LogP contribution in [0.15, 0.2) is 42.0 Å². The van der Waals surface area contributed by atoms with E-state index in [0.717, 1.165) is 25.7 Å². The summed E-state index contributed by atoms with van der Waals surface area (Å²) in [5.41, 5.74) is 2.04. The van der Waals surface area contributed by atoms with Gasteiger partial charge in [-0.1, -0.05) is 17.7 Å². The maximum Gasteiger partial charge on any atom is 0.260 e. The molecule has 0 aromatic heterocycles. The standard InChI is InChI=1S/C28H34N2O6/c1-16(10-11-22-27(2,3)35-22)7-6-12-28(4)23(36-28)15-30-19-13-17(31)14-21(33)25(19)29-24-18(26(30)34)8-5-9-20(24)32/h5,7-9,13-14,22-23,29,31-33H,6,10-12,15H2,1-4H3/b16-7+. The quantitative estimate of drug-likeness (QED) is 0.169. The Morgan fingerprint density at radius 3 is 2.56 bits per heavy atom. The van der Waals surface area contributed by atoms with Crippen LogP contribution in [0.3, 0.4) is 0 Å². The fourth-order valence-electron chi connectivity index (χ4n) is 5.06. The van der Waals surface area contributed by atoms with Crippen molar-refractivity contribution in [1.82, 2.24) is 0 Å². The number of benzene rings is 2. The van der Waals surface area contributed by atoms with Gasteiger partial charge < -0.3 is 35.0 Å². The summed E-state index contributed by atoms with van der Waals surface area (Å²) >= 11 is 0. The van der Waals surface area contributed by atoms with Crippen LogP contribution in [0.25, 0.3) is 0 Å². The topological polar surface area (TPSA) is 118 Å². The number of hydrogen-bond acceptors (Lipinski definition) is 7. The number of nitrogens with one attached hydrogen (secondary N) is 1. The first-order valence-corrected chi connectivity index (χ1v) is 12.5. The highest BCUT2D eigenvalue weighted by atomic mass is 16.6. The molecule has 0 spiro atoms. The third-order valence-corrected chi connectivity index (χ3v) is 7.62. The number of aromatic hydroxyl groups is 3. The van der Waals surface area contributed by atoms with Gasteiger partial charge in [0.2, 0.25) is 0 Å². The molecule has 2 saturated heterocycles. The van der Waals surface area contributed by atoms with E-state index in [4.69, 9.17) is 9.47 Å². The lowest BCUT2D eigenvalue weighted by molar-refractivity contribution is 0.0986. The van der Waals surface area contributed by atoms with Crippen LogP contribution in [0.1, 0.15) is 63.7 Å². The van der Waals surface area contributed by atoms with Gasteiger partial charge in [0.25, 0.3) is 5.91 Å². The predicted molar refractivity (Wildman–Crippen MR) is 137 cm³/mol. The molecule has 2 aromatic rings. The van der Waals surface area contributed by atoms with Gasteiger partial charge in [0.1, 0.15) is 29.0 Å². The van der Waals surface area contributed by atoms with Crippen molar-refractivity contribution in [3.63, 3.8) is 0 Å². The molecule has 2 fully saturated rings. The fraction of sp³-hybridized carbons (Fsp3) is 0.464. The molecule has 3 heterocycles. The van der Waals surface area contributed by atoms with E-state index in [1.807, 2.05) is 6.92 Å². The second kappa shape index (κ2) is 8.71.